The molecule has 3 aliphatic rings. The van der Waals surface area contributed by atoms with E-state index in [0.717, 1.165) is 25.3 Å². The third-order valence-electron chi connectivity index (χ3n) is 3.50. The SMILES string of the molecule is C1=C2CC2C=c2ccn3c2=C1OCCC3. The van der Waals surface area contributed by atoms with Gasteiger partial charge in [-0.2, -0.15) is 0 Å². The van der Waals surface area contributed by atoms with Crippen LogP contribution >= 0.6 is 0 Å². The maximum Gasteiger partial charge on any atom is 0.143 e. The molecule has 2 nitrogen and oxygen atoms in total. The fourth-order valence-corrected chi connectivity index (χ4v) is 2.60. The predicted molar refractivity (Wildman–Crippen MR) is 58.3 cm³/mol. The summed E-state index contributed by atoms with van der Waals surface area (Å²) in [7, 11) is 0. The zero-order chi connectivity index (χ0) is 9.83. The molecular weight excluding hydrogens is 186 g/mol. The summed E-state index contributed by atoms with van der Waals surface area (Å²) in [5.41, 5.74) is 1.54. The second kappa shape index (κ2) is 2.57. The third-order valence-corrected chi connectivity index (χ3v) is 3.50. The van der Waals surface area contributed by atoms with E-state index in [2.05, 4.69) is 29.0 Å². The standard InChI is InChI=1S/C13H13NO/c1-3-14-4-2-9-6-10-7-11(10)8-12(13(9)14)15-5-1/h2,4,6,8,10H,1,3,5,7H2. The van der Waals surface area contributed by atoms with Gasteiger partial charge in [0.2, 0.25) is 0 Å². The summed E-state index contributed by atoms with van der Waals surface area (Å²) in [5.74, 6) is 1.79. The van der Waals surface area contributed by atoms with Crippen LogP contribution in [0.2, 0.25) is 0 Å². The van der Waals surface area contributed by atoms with Crippen LogP contribution in [0.3, 0.4) is 0 Å². The van der Waals surface area contributed by atoms with Gasteiger partial charge in [0.1, 0.15) is 5.76 Å². The van der Waals surface area contributed by atoms with Gasteiger partial charge in [-0.05, 0) is 25.0 Å². The summed E-state index contributed by atoms with van der Waals surface area (Å²) < 4.78 is 8.17. The van der Waals surface area contributed by atoms with Crippen LogP contribution in [-0.2, 0) is 11.3 Å². The highest BCUT2D eigenvalue weighted by molar-refractivity contribution is 5.61. The van der Waals surface area contributed by atoms with Gasteiger partial charge in [0.15, 0.2) is 0 Å². The molecule has 1 aliphatic heterocycles. The minimum atomic E-state index is 0.695. The molecule has 1 aromatic rings. The number of aromatic nitrogens is 1. The summed E-state index contributed by atoms with van der Waals surface area (Å²) in [5, 5.41) is 2.66. The van der Waals surface area contributed by atoms with Gasteiger partial charge in [-0.3, -0.25) is 0 Å². The zero-order valence-corrected chi connectivity index (χ0v) is 8.57. The Morgan fingerprint density at radius 2 is 2.40 bits per heavy atom. The second-order valence-electron chi connectivity index (χ2n) is 4.58. The molecule has 0 N–H and O–H groups in total. The molecular formula is C13H13NO. The van der Waals surface area contributed by atoms with Crippen molar-refractivity contribution in [2.75, 3.05) is 6.61 Å². The van der Waals surface area contributed by atoms with Crippen molar-refractivity contribution in [2.45, 2.75) is 19.4 Å². The molecule has 15 heavy (non-hydrogen) atoms. The maximum atomic E-state index is 5.85. The Morgan fingerprint density at radius 3 is 3.40 bits per heavy atom. The highest BCUT2D eigenvalue weighted by Gasteiger charge is 2.29. The average Bonchev–Trinajstić information content (AvgIpc) is 2.89. The maximum absolute atomic E-state index is 5.85. The van der Waals surface area contributed by atoms with Gasteiger partial charge >= 0.3 is 0 Å². The van der Waals surface area contributed by atoms with E-state index in [4.69, 9.17) is 4.74 Å². The number of rotatable bonds is 0. The van der Waals surface area contributed by atoms with Crippen molar-refractivity contribution in [1.29, 1.82) is 0 Å². The summed E-state index contributed by atoms with van der Waals surface area (Å²) in [6, 6.07) is 2.22. The van der Waals surface area contributed by atoms with Gasteiger partial charge < -0.3 is 9.30 Å². The number of hydrogen-bond donors (Lipinski definition) is 0. The first-order valence-corrected chi connectivity index (χ1v) is 5.66. The Morgan fingerprint density at radius 1 is 1.40 bits per heavy atom. The molecule has 76 valence electrons. The van der Waals surface area contributed by atoms with E-state index < -0.39 is 0 Å². The van der Waals surface area contributed by atoms with Crippen molar-refractivity contribution < 1.29 is 4.74 Å². The molecule has 0 bridgehead atoms. The van der Waals surface area contributed by atoms with Crippen LogP contribution in [0.15, 0.2) is 23.9 Å². The second-order valence-corrected chi connectivity index (χ2v) is 4.58. The molecule has 1 aromatic heterocycles. The van der Waals surface area contributed by atoms with Gasteiger partial charge in [0, 0.05) is 23.9 Å². The molecule has 1 unspecified atom stereocenters. The van der Waals surface area contributed by atoms with E-state index in [1.54, 1.807) is 0 Å². The van der Waals surface area contributed by atoms with Gasteiger partial charge in [0.25, 0.3) is 0 Å². The first-order chi connectivity index (χ1) is 7.42. The molecule has 2 heteroatoms. The van der Waals surface area contributed by atoms with Crippen LogP contribution < -0.4 is 10.6 Å². The Balaban J connectivity index is 2.13. The van der Waals surface area contributed by atoms with E-state index in [1.165, 1.54) is 22.6 Å². The average molecular weight is 199 g/mol. The van der Waals surface area contributed by atoms with Crippen molar-refractivity contribution in [3.8, 4) is 0 Å². The first-order valence-electron chi connectivity index (χ1n) is 5.66. The largest absolute Gasteiger partial charge is 0.491 e. The first kappa shape index (κ1) is 7.80. The van der Waals surface area contributed by atoms with Gasteiger partial charge in [-0.25, -0.2) is 0 Å². The molecule has 0 amide bonds. The molecule has 0 saturated heterocycles. The number of ether oxygens (including phenoxy) is 1. The van der Waals surface area contributed by atoms with Crippen LogP contribution in [0.5, 0.6) is 0 Å². The van der Waals surface area contributed by atoms with E-state index in [0.29, 0.717) is 5.92 Å². The summed E-state index contributed by atoms with van der Waals surface area (Å²) >= 11 is 0. The Hall–Kier alpha value is -1.44. The van der Waals surface area contributed by atoms with Crippen molar-refractivity contribution in [1.82, 2.24) is 4.57 Å². The number of aryl methyl sites for hydroxylation is 1. The molecule has 1 saturated carbocycles. The highest BCUT2D eigenvalue weighted by atomic mass is 16.5. The minimum Gasteiger partial charge on any atom is -0.491 e. The number of fused-ring (bicyclic) bond motifs is 1. The smallest absolute Gasteiger partial charge is 0.143 e. The van der Waals surface area contributed by atoms with E-state index in [1.807, 2.05) is 0 Å². The summed E-state index contributed by atoms with van der Waals surface area (Å²) in [6.07, 6.45) is 9.18. The van der Waals surface area contributed by atoms with E-state index >= 15 is 0 Å². The third kappa shape index (κ3) is 1.05. The Bertz CT molecular complexity index is 576. The van der Waals surface area contributed by atoms with E-state index in [9.17, 15) is 0 Å². The molecule has 1 fully saturated rings. The number of hydrogen-bond acceptors (Lipinski definition) is 1. The quantitative estimate of drug-likeness (QED) is 0.601. The fraction of sp³-hybridized carbons (Fsp3) is 0.385. The lowest BCUT2D eigenvalue weighted by Crippen LogP contribution is -2.30. The van der Waals surface area contributed by atoms with Crippen LogP contribution in [0, 0.1) is 5.92 Å². The molecule has 0 aromatic carbocycles. The molecule has 1 atom stereocenters. The van der Waals surface area contributed by atoms with Crippen LogP contribution in [0.4, 0.5) is 0 Å². The molecule has 0 spiro atoms. The normalized spacial score (nSPS) is 26.3. The summed E-state index contributed by atoms with van der Waals surface area (Å²) in [6.45, 7) is 1.94. The predicted octanol–water partition coefficient (Wildman–Crippen LogP) is 0.757. The molecule has 4 rings (SSSR count). The monoisotopic (exact) mass is 199 g/mol. The van der Waals surface area contributed by atoms with Crippen LogP contribution in [0.1, 0.15) is 12.8 Å². The zero-order valence-electron chi connectivity index (χ0n) is 8.57. The number of allylic oxidation sites excluding steroid dienone is 1. The van der Waals surface area contributed by atoms with Gasteiger partial charge in [-0.1, -0.05) is 11.6 Å². The number of nitrogens with zero attached hydrogens (tertiary/aromatic N) is 1. The van der Waals surface area contributed by atoms with Gasteiger partial charge in [0.05, 0.1) is 12.0 Å². The highest BCUT2D eigenvalue weighted by Crippen LogP contribution is 2.40. The molecule has 0 radical (unpaired) electrons. The van der Waals surface area contributed by atoms with Crippen LogP contribution in [-0.4, -0.2) is 11.2 Å². The lowest BCUT2D eigenvalue weighted by Gasteiger charge is -2.01. The van der Waals surface area contributed by atoms with Crippen molar-refractivity contribution in [3.05, 3.63) is 34.5 Å². The molecule has 2 heterocycles. The lowest BCUT2D eigenvalue weighted by molar-refractivity contribution is 0.274. The molecule has 2 aliphatic carbocycles. The van der Waals surface area contributed by atoms with Crippen molar-refractivity contribution >= 4 is 11.8 Å². The van der Waals surface area contributed by atoms with Crippen LogP contribution in [0.25, 0.3) is 11.8 Å². The van der Waals surface area contributed by atoms with Gasteiger partial charge in [-0.15, -0.1) is 0 Å². The Kier molecular flexibility index (Phi) is 1.34. The Labute approximate surface area is 88.2 Å². The van der Waals surface area contributed by atoms with E-state index in [-0.39, 0.29) is 0 Å². The fourth-order valence-electron chi connectivity index (χ4n) is 2.60. The summed E-state index contributed by atoms with van der Waals surface area (Å²) in [4.78, 5) is 0. The van der Waals surface area contributed by atoms with Crippen molar-refractivity contribution in [3.63, 3.8) is 0 Å². The minimum absolute atomic E-state index is 0.695. The topological polar surface area (TPSA) is 14.2 Å². The lowest BCUT2D eigenvalue weighted by atomic mass is 10.3. The van der Waals surface area contributed by atoms with Crippen molar-refractivity contribution in [2.24, 2.45) is 5.92 Å².